The van der Waals surface area contributed by atoms with Crippen LogP contribution in [0.1, 0.15) is 0 Å². The second-order valence-corrected chi connectivity index (χ2v) is 20.1. The van der Waals surface area contributed by atoms with Crippen LogP contribution in [0.3, 0.4) is 0 Å². The summed E-state index contributed by atoms with van der Waals surface area (Å²) < 4.78 is 14.1. The van der Waals surface area contributed by atoms with Gasteiger partial charge in [-0.05, 0) is 107 Å². The smallest absolute Gasteiger partial charge is 0.164 e. The van der Waals surface area contributed by atoms with Crippen molar-refractivity contribution >= 4 is 107 Å². The zero-order chi connectivity index (χ0) is 45.9. The lowest BCUT2D eigenvalue weighted by molar-refractivity contribution is 0.669. The van der Waals surface area contributed by atoms with Gasteiger partial charge in [0.25, 0.3) is 0 Å². The normalized spacial score (nSPS) is 12.0. The maximum Gasteiger partial charge on any atom is 0.164 e. The highest BCUT2D eigenvalue weighted by Gasteiger charge is 2.20. The number of hydrogen-bond acceptors (Lipinski definition) is 6. The molecule has 10 aromatic carbocycles. The number of para-hydroxylation sites is 2. The molecule has 0 aliphatic rings. The van der Waals surface area contributed by atoms with Crippen LogP contribution in [0.15, 0.2) is 223 Å². The molecule has 5 nitrogen and oxygen atoms in total. The zero-order valence-corrected chi connectivity index (χ0v) is 38.9. The van der Waals surface area contributed by atoms with Crippen LogP contribution in [-0.4, -0.2) is 19.5 Å². The monoisotopic (exact) mass is 928 g/mol. The van der Waals surface area contributed by atoms with E-state index in [0.29, 0.717) is 17.5 Å². The van der Waals surface area contributed by atoms with Crippen LogP contribution in [0.5, 0.6) is 0 Å². The summed E-state index contributed by atoms with van der Waals surface area (Å²) in [5, 5.41) is 9.46. The van der Waals surface area contributed by atoms with Crippen LogP contribution in [0.25, 0.3) is 146 Å². The van der Waals surface area contributed by atoms with Crippen LogP contribution in [-0.2, 0) is 0 Å². The van der Waals surface area contributed by atoms with Gasteiger partial charge in [-0.25, -0.2) is 15.0 Å². The Bertz CT molecular complexity index is 4600. The number of fused-ring (bicyclic) bond motifs is 12. The van der Waals surface area contributed by atoms with Gasteiger partial charge < -0.3 is 8.98 Å². The molecule has 0 aliphatic heterocycles. The predicted molar refractivity (Wildman–Crippen MR) is 294 cm³/mol. The number of thiophene rings is 2. The quantitative estimate of drug-likeness (QED) is 0.167. The molecule has 5 heterocycles. The first kappa shape index (κ1) is 39.3. The maximum atomic E-state index is 6.73. The van der Waals surface area contributed by atoms with Crippen molar-refractivity contribution in [3.63, 3.8) is 0 Å². The molecule has 15 rings (SSSR count). The second kappa shape index (κ2) is 15.4. The molecular formula is C63H36N4OS2. The molecule has 326 valence electrons. The zero-order valence-electron chi connectivity index (χ0n) is 37.3. The van der Waals surface area contributed by atoms with Crippen molar-refractivity contribution in [1.29, 1.82) is 0 Å². The summed E-state index contributed by atoms with van der Waals surface area (Å²) in [6.07, 6.45) is 0. The molecule has 0 N–H and O–H groups in total. The molecule has 0 bridgehead atoms. The van der Waals surface area contributed by atoms with Crippen molar-refractivity contribution in [1.82, 2.24) is 19.5 Å². The number of aromatic nitrogens is 4. The van der Waals surface area contributed by atoms with Crippen molar-refractivity contribution in [3.05, 3.63) is 218 Å². The molecule has 0 unspecified atom stereocenters. The molecule has 7 heteroatoms. The molecule has 5 aromatic heterocycles. The Morgan fingerprint density at radius 1 is 0.314 bits per heavy atom. The lowest BCUT2D eigenvalue weighted by Gasteiger charge is -2.10. The van der Waals surface area contributed by atoms with E-state index in [1.807, 2.05) is 29.5 Å². The molecule has 0 aliphatic carbocycles. The molecule has 0 atom stereocenters. The largest absolute Gasteiger partial charge is 0.456 e. The first-order chi connectivity index (χ1) is 34.7. The van der Waals surface area contributed by atoms with Crippen LogP contribution in [0.4, 0.5) is 0 Å². The summed E-state index contributed by atoms with van der Waals surface area (Å²) in [5.74, 6) is 1.83. The third kappa shape index (κ3) is 6.12. The van der Waals surface area contributed by atoms with Gasteiger partial charge in [0.1, 0.15) is 11.2 Å². The fraction of sp³-hybridized carbons (Fsp3) is 0. The van der Waals surface area contributed by atoms with Crippen LogP contribution < -0.4 is 0 Å². The second-order valence-electron chi connectivity index (χ2n) is 17.9. The lowest BCUT2D eigenvalue weighted by atomic mass is 9.98. The van der Waals surface area contributed by atoms with Gasteiger partial charge in [-0.3, -0.25) is 0 Å². The van der Waals surface area contributed by atoms with E-state index in [9.17, 15) is 0 Å². The predicted octanol–water partition coefficient (Wildman–Crippen LogP) is 17.9. The van der Waals surface area contributed by atoms with Gasteiger partial charge >= 0.3 is 0 Å². The van der Waals surface area contributed by atoms with E-state index >= 15 is 0 Å². The molecule has 0 fully saturated rings. The van der Waals surface area contributed by atoms with Gasteiger partial charge in [-0.2, -0.15) is 0 Å². The summed E-state index contributed by atoms with van der Waals surface area (Å²) in [6.45, 7) is 0. The highest BCUT2D eigenvalue weighted by molar-refractivity contribution is 7.26. The lowest BCUT2D eigenvalue weighted by Crippen LogP contribution is -2.00. The minimum absolute atomic E-state index is 0.586. The van der Waals surface area contributed by atoms with Gasteiger partial charge in [0.15, 0.2) is 17.5 Å². The van der Waals surface area contributed by atoms with Crippen molar-refractivity contribution in [2.75, 3.05) is 0 Å². The Balaban J connectivity index is 0.859. The standard InChI is InChI=1S/C63H36N4OS2/c1-3-13-37(14-4-1)61-64-62(41-26-30-46-45-29-25-40(35-53(45)68-54(46)36-41)43-19-11-23-57-59(43)47-18-8-10-22-55(47)69-57)66-63(65-61)48-20-12-24-58-60(48)50-34-39(28-32-56(50)70-58)38-27-31-52-49(33-38)44-17-7-9-21-51(44)67(52)42-15-5-2-6-16-42/h1-36H. The minimum Gasteiger partial charge on any atom is -0.456 e. The molecule has 0 spiro atoms. The summed E-state index contributed by atoms with van der Waals surface area (Å²) in [4.78, 5) is 15.7. The summed E-state index contributed by atoms with van der Waals surface area (Å²) >= 11 is 3.64. The number of benzene rings is 10. The molecule has 0 saturated carbocycles. The van der Waals surface area contributed by atoms with E-state index in [1.165, 1.54) is 67.9 Å². The fourth-order valence-electron chi connectivity index (χ4n) is 10.6. The van der Waals surface area contributed by atoms with E-state index in [0.717, 1.165) is 60.8 Å². The minimum atomic E-state index is 0.586. The topological polar surface area (TPSA) is 56.7 Å². The van der Waals surface area contributed by atoms with Crippen LogP contribution in [0.2, 0.25) is 0 Å². The van der Waals surface area contributed by atoms with Gasteiger partial charge in [0, 0.05) is 84.3 Å². The molecule has 0 saturated heterocycles. The van der Waals surface area contributed by atoms with Gasteiger partial charge in [-0.15, -0.1) is 22.7 Å². The fourth-order valence-corrected chi connectivity index (χ4v) is 12.9. The van der Waals surface area contributed by atoms with Crippen molar-refractivity contribution in [3.8, 4) is 62.1 Å². The van der Waals surface area contributed by atoms with Crippen molar-refractivity contribution in [2.45, 2.75) is 0 Å². The number of furan rings is 1. The van der Waals surface area contributed by atoms with E-state index in [1.54, 1.807) is 11.3 Å². The highest BCUT2D eigenvalue weighted by atomic mass is 32.1. The van der Waals surface area contributed by atoms with Gasteiger partial charge in [0.05, 0.1) is 11.0 Å². The summed E-state index contributed by atoms with van der Waals surface area (Å²) in [5.41, 5.74) is 12.6. The van der Waals surface area contributed by atoms with Crippen LogP contribution >= 0.6 is 22.7 Å². The third-order valence-corrected chi connectivity index (χ3v) is 16.1. The summed E-state index contributed by atoms with van der Waals surface area (Å²) in [7, 11) is 0. The van der Waals surface area contributed by atoms with E-state index in [2.05, 4.69) is 205 Å². The highest BCUT2D eigenvalue weighted by Crippen LogP contribution is 2.44. The summed E-state index contributed by atoms with van der Waals surface area (Å²) in [6, 6.07) is 77.9. The Morgan fingerprint density at radius 3 is 1.64 bits per heavy atom. The SMILES string of the molecule is c1ccc(-c2nc(-c3ccc4c(c3)oc3cc(-c5cccc6sc7ccccc7c56)ccc34)nc(-c3cccc4sc5ccc(-c6ccc7c(c6)c6ccccc6n7-c6ccccc6)cc5c34)n2)cc1. The third-order valence-electron chi connectivity index (χ3n) is 13.9. The molecule has 0 amide bonds. The molecule has 15 aromatic rings. The number of rotatable bonds is 6. The number of nitrogens with zero attached hydrogens (tertiary/aromatic N) is 4. The van der Waals surface area contributed by atoms with E-state index in [-0.39, 0.29) is 0 Å². The van der Waals surface area contributed by atoms with E-state index < -0.39 is 0 Å². The average molecular weight is 929 g/mol. The van der Waals surface area contributed by atoms with Gasteiger partial charge in [-0.1, -0.05) is 133 Å². The average Bonchev–Trinajstić information content (AvgIpc) is 4.19. The van der Waals surface area contributed by atoms with Crippen LogP contribution in [0, 0.1) is 0 Å². The molecule has 70 heavy (non-hydrogen) atoms. The Hall–Kier alpha value is -8.75. The maximum absolute atomic E-state index is 6.73. The van der Waals surface area contributed by atoms with Gasteiger partial charge in [0.2, 0.25) is 0 Å². The first-order valence-corrected chi connectivity index (χ1v) is 25.0. The molecule has 0 radical (unpaired) electrons. The Morgan fingerprint density at radius 2 is 0.857 bits per heavy atom. The molecular weight excluding hydrogens is 893 g/mol. The van der Waals surface area contributed by atoms with Crippen molar-refractivity contribution in [2.24, 2.45) is 0 Å². The van der Waals surface area contributed by atoms with E-state index in [4.69, 9.17) is 19.4 Å². The Labute approximate surface area is 408 Å². The van der Waals surface area contributed by atoms with Crippen molar-refractivity contribution < 1.29 is 4.42 Å². The Kier molecular flexibility index (Phi) is 8.63. The number of hydrogen-bond donors (Lipinski definition) is 0. The first-order valence-electron chi connectivity index (χ1n) is 23.4.